The normalized spacial score (nSPS) is 11.0. The van der Waals surface area contributed by atoms with Gasteiger partial charge in [-0.25, -0.2) is 0 Å². The van der Waals surface area contributed by atoms with Gasteiger partial charge in [-0.1, -0.05) is 36.4 Å². The second kappa shape index (κ2) is 7.70. The highest BCUT2D eigenvalue weighted by atomic mass is 16.6. The Bertz CT molecular complexity index is 1010. The van der Waals surface area contributed by atoms with Gasteiger partial charge in [0.15, 0.2) is 0 Å². The van der Waals surface area contributed by atoms with E-state index < -0.39 is 10.7 Å². The summed E-state index contributed by atoms with van der Waals surface area (Å²) >= 11 is 0. The molecule has 0 spiro atoms. The van der Waals surface area contributed by atoms with E-state index in [2.05, 4.69) is 4.99 Å². The summed E-state index contributed by atoms with van der Waals surface area (Å²) in [4.78, 5) is 14.9. The van der Waals surface area contributed by atoms with Crippen molar-refractivity contribution in [2.45, 2.75) is 13.3 Å². The molecule has 0 bridgehead atoms. The minimum Gasteiger partial charge on any atom is -0.506 e. The van der Waals surface area contributed by atoms with Gasteiger partial charge in [-0.2, -0.15) is 0 Å². The van der Waals surface area contributed by atoms with Crippen molar-refractivity contribution in [3.8, 4) is 11.5 Å². The molecule has 3 rings (SSSR count). The van der Waals surface area contributed by atoms with Gasteiger partial charge in [0.25, 0.3) is 0 Å². The number of nitro benzene ring substituents is 1. The molecule has 0 heterocycles. The van der Waals surface area contributed by atoms with Crippen LogP contribution in [0.2, 0.25) is 0 Å². The van der Waals surface area contributed by atoms with Crippen molar-refractivity contribution in [2.24, 2.45) is 4.99 Å². The minimum absolute atomic E-state index is 0.000629. The molecule has 0 aliphatic heterocycles. The van der Waals surface area contributed by atoms with Gasteiger partial charge in [-0.05, 0) is 48.2 Å². The molecular formula is C21H18N2O4. The standard InChI is InChI=1S/C21H18N2O4/c1-14-7-8-18(20(24)9-14)22-13-17-11-16(10-15-5-3-2-4-6-15)12-19(21(17)25)23(26)27/h2-9,11-13,24-25H,10H2,1H3. The zero-order valence-electron chi connectivity index (χ0n) is 14.7. The van der Waals surface area contributed by atoms with Gasteiger partial charge in [-0.3, -0.25) is 15.1 Å². The lowest BCUT2D eigenvalue weighted by Crippen LogP contribution is -1.97. The number of aromatic hydroxyl groups is 2. The molecule has 0 aromatic heterocycles. The number of hydrogen-bond donors (Lipinski definition) is 2. The fourth-order valence-corrected chi connectivity index (χ4v) is 2.75. The summed E-state index contributed by atoms with van der Waals surface area (Å²) in [6.07, 6.45) is 1.81. The van der Waals surface area contributed by atoms with Crippen LogP contribution in [0.4, 0.5) is 11.4 Å². The summed E-state index contributed by atoms with van der Waals surface area (Å²) in [5, 5.41) is 31.5. The number of rotatable bonds is 5. The molecular weight excluding hydrogens is 344 g/mol. The lowest BCUT2D eigenvalue weighted by molar-refractivity contribution is -0.385. The van der Waals surface area contributed by atoms with Crippen molar-refractivity contribution in [2.75, 3.05) is 0 Å². The molecule has 3 aromatic rings. The van der Waals surface area contributed by atoms with Crippen LogP contribution in [0.25, 0.3) is 0 Å². The van der Waals surface area contributed by atoms with Crippen molar-refractivity contribution in [1.82, 2.24) is 0 Å². The van der Waals surface area contributed by atoms with Crippen LogP contribution in [-0.4, -0.2) is 21.4 Å². The van der Waals surface area contributed by atoms with E-state index in [0.29, 0.717) is 17.7 Å². The molecule has 2 N–H and O–H groups in total. The summed E-state index contributed by atoms with van der Waals surface area (Å²) in [6.45, 7) is 1.84. The highest BCUT2D eigenvalue weighted by molar-refractivity contribution is 5.88. The Labute approximate surface area is 156 Å². The summed E-state index contributed by atoms with van der Waals surface area (Å²) in [5.74, 6) is -0.451. The Hall–Kier alpha value is -3.67. The van der Waals surface area contributed by atoms with Crippen LogP contribution in [0.3, 0.4) is 0 Å². The Balaban J connectivity index is 2.00. The van der Waals surface area contributed by atoms with E-state index in [9.17, 15) is 20.3 Å². The third-order valence-electron chi connectivity index (χ3n) is 4.10. The first-order valence-electron chi connectivity index (χ1n) is 8.32. The molecule has 0 radical (unpaired) electrons. The SMILES string of the molecule is Cc1ccc(N=Cc2cc(Cc3ccccc3)cc([N+](=O)[O-])c2O)c(O)c1. The number of nitrogens with zero attached hydrogens (tertiary/aromatic N) is 2. The van der Waals surface area contributed by atoms with Gasteiger partial charge in [0, 0.05) is 17.8 Å². The maximum absolute atomic E-state index is 11.3. The van der Waals surface area contributed by atoms with E-state index in [1.165, 1.54) is 12.3 Å². The number of aryl methyl sites for hydroxylation is 1. The molecule has 0 aliphatic rings. The number of nitro groups is 1. The van der Waals surface area contributed by atoms with Gasteiger partial charge in [0.1, 0.15) is 11.4 Å². The summed E-state index contributed by atoms with van der Waals surface area (Å²) in [7, 11) is 0. The predicted molar refractivity (Wildman–Crippen MR) is 104 cm³/mol. The lowest BCUT2D eigenvalue weighted by atomic mass is 10.0. The largest absolute Gasteiger partial charge is 0.506 e. The van der Waals surface area contributed by atoms with Crippen molar-refractivity contribution < 1.29 is 15.1 Å². The Morgan fingerprint density at radius 2 is 1.78 bits per heavy atom. The number of hydrogen-bond acceptors (Lipinski definition) is 5. The Kier molecular flexibility index (Phi) is 5.17. The average Bonchev–Trinajstić information content (AvgIpc) is 2.63. The Morgan fingerprint density at radius 1 is 1.04 bits per heavy atom. The monoisotopic (exact) mass is 362 g/mol. The van der Waals surface area contributed by atoms with Gasteiger partial charge in [0.05, 0.1) is 4.92 Å². The van der Waals surface area contributed by atoms with Gasteiger partial charge in [-0.15, -0.1) is 0 Å². The second-order valence-electron chi connectivity index (χ2n) is 6.22. The van der Waals surface area contributed by atoms with Crippen LogP contribution in [0.5, 0.6) is 11.5 Å². The first-order chi connectivity index (χ1) is 12.9. The molecule has 27 heavy (non-hydrogen) atoms. The molecule has 0 atom stereocenters. The van der Waals surface area contributed by atoms with Crippen LogP contribution in [0.1, 0.15) is 22.3 Å². The van der Waals surface area contributed by atoms with E-state index in [4.69, 9.17) is 0 Å². The van der Waals surface area contributed by atoms with Crippen LogP contribution in [0, 0.1) is 17.0 Å². The highest BCUT2D eigenvalue weighted by Crippen LogP contribution is 2.32. The van der Waals surface area contributed by atoms with Crippen LogP contribution >= 0.6 is 0 Å². The molecule has 0 saturated carbocycles. The molecule has 6 nitrogen and oxygen atoms in total. The number of benzene rings is 3. The number of phenols is 2. The Morgan fingerprint density at radius 3 is 2.44 bits per heavy atom. The topological polar surface area (TPSA) is 96.0 Å². The second-order valence-corrected chi connectivity index (χ2v) is 6.22. The van der Waals surface area contributed by atoms with Gasteiger partial charge in [0.2, 0.25) is 5.75 Å². The van der Waals surface area contributed by atoms with Crippen molar-refractivity contribution in [1.29, 1.82) is 0 Å². The maximum atomic E-state index is 11.3. The van der Waals surface area contributed by atoms with E-state index in [-0.39, 0.29) is 17.0 Å². The zero-order valence-corrected chi connectivity index (χ0v) is 14.7. The molecule has 0 amide bonds. The van der Waals surface area contributed by atoms with Crippen molar-refractivity contribution in [3.05, 3.63) is 93.0 Å². The first-order valence-corrected chi connectivity index (χ1v) is 8.32. The molecule has 6 heteroatoms. The zero-order chi connectivity index (χ0) is 19.4. The minimum atomic E-state index is -0.621. The quantitative estimate of drug-likeness (QED) is 0.392. The molecule has 0 fully saturated rings. The molecule has 3 aromatic carbocycles. The van der Waals surface area contributed by atoms with E-state index in [1.807, 2.05) is 37.3 Å². The maximum Gasteiger partial charge on any atom is 0.311 e. The third kappa shape index (κ3) is 4.30. The summed E-state index contributed by atoms with van der Waals surface area (Å²) in [5.41, 5.74) is 2.72. The van der Waals surface area contributed by atoms with Crippen LogP contribution in [-0.2, 0) is 6.42 Å². The van der Waals surface area contributed by atoms with Gasteiger partial charge >= 0.3 is 5.69 Å². The number of aliphatic imine (C=N–C) groups is 1. The molecule has 136 valence electrons. The summed E-state index contributed by atoms with van der Waals surface area (Å²) < 4.78 is 0. The fraction of sp³-hybridized carbons (Fsp3) is 0.0952. The summed E-state index contributed by atoms with van der Waals surface area (Å²) in [6, 6.07) is 17.6. The molecule has 0 aliphatic carbocycles. The molecule has 0 unspecified atom stereocenters. The van der Waals surface area contributed by atoms with Gasteiger partial charge < -0.3 is 10.2 Å². The average molecular weight is 362 g/mol. The van der Waals surface area contributed by atoms with Crippen molar-refractivity contribution in [3.63, 3.8) is 0 Å². The van der Waals surface area contributed by atoms with Crippen LogP contribution in [0.15, 0.2) is 65.7 Å². The van der Waals surface area contributed by atoms with E-state index >= 15 is 0 Å². The molecule has 0 saturated heterocycles. The lowest BCUT2D eigenvalue weighted by Gasteiger charge is -2.07. The van der Waals surface area contributed by atoms with E-state index in [0.717, 1.165) is 11.1 Å². The fourth-order valence-electron chi connectivity index (χ4n) is 2.75. The van der Waals surface area contributed by atoms with Crippen molar-refractivity contribution >= 4 is 17.6 Å². The highest BCUT2D eigenvalue weighted by Gasteiger charge is 2.18. The van der Waals surface area contributed by atoms with E-state index in [1.54, 1.807) is 24.3 Å². The third-order valence-corrected chi connectivity index (χ3v) is 4.10. The number of phenolic OH excluding ortho intramolecular Hbond substituents is 2. The predicted octanol–water partition coefficient (Wildman–Crippen LogP) is 4.66. The smallest absolute Gasteiger partial charge is 0.311 e. The van der Waals surface area contributed by atoms with Crippen LogP contribution < -0.4 is 0 Å². The first kappa shape index (κ1) is 18.1.